The second-order valence-corrected chi connectivity index (χ2v) is 8.41. The van der Waals surface area contributed by atoms with Gasteiger partial charge >= 0.3 is 5.97 Å². The molecule has 4 rings (SSSR count). The molecule has 0 fully saturated rings. The van der Waals surface area contributed by atoms with Gasteiger partial charge in [-0.3, -0.25) is 4.79 Å². The highest BCUT2D eigenvalue weighted by Crippen LogP contribution is 2.52. The molecule has 0 aromatic heterocycles. The first kappa shape index (κ1) is 20.3. The van der Waals surface area contributed by atoms with Gasteiger partial charge in [-0.15, -0.1) is 11.8 Å². The number of methoxy groups -OCH3 is 1. The lowest BCUT2D eigenvalue weighted by molar-refractivity contribution is -0.137. The Morgan fingerprint density at radius 2 is 1.50 bits per heavy atom. The van der Waals surface area contributed by atoms with Gasteiger partial charge in [-0.25, -0.2) is 0 Å². The topological polar surface area (TPSA) is 72.5 Å². The number of carboxylic acids is 1. The van der Waals surface area contributed by atoms with Crippen LogP contribution >= 0.6 is 11.8 Å². The first-order valence-electron chi connectivity index (χ1n) is 9.70. The minimum atomic E-state index is -0.999. The van der Waals surface area contributed by atoms with Crippen molar-refractivity contribution in [1.82, 2.24) is 0 Å². The van der Waals surface area contributed by atoms with Crippen LogP contribution in [-0.2, 0) is 9.54 Å². The first-order valence-corrected chi connectivity index (χ1v) is 10.7. The number of benzene rings is 3. The Bertz CT molecular complexity index is 1040. The summed E-state index contributed by atoms with van der Waals surface area (Å²) in [6, 6.07) is 23.5. The van der Waals surface area contributed by atoms with Crippen molar-refractivity contribution in [1.29, 1.82) is 0 Å². The normalized spacial score (nSPS) is 14.9. The zero-order valence-electron chi connectivity index (χ0n) is 16.6. The maximum absolute atomic E-state index is 11.5. The van der Waals surface area contributed by atoms with Crippen molar-refractivity contribution in [3.05, 3.63) is 101 Å². The number of fused-ring (bicyclic) bond motifs is 2. The summed E-state index contributed by atoms with van der Waals surface area (Å²) in [6.07, 6.45) is 4.24. The molecule has 3 aromatic rings. The predicted molar refractivity (Wildman–Crippen MR) is 123 cm³/mol. The van der Waals surface area contributed by atoms with Gasteiger partial charge < -0.3 is 15.6 Å². The summed E-state index contributed by atoms with van der Waals surface area (Å²) in [5, 5.41) is 9.41. The molecule has 3 N–H and O–H groups in total. The smallest absolute Gasteiger partial charge is 0.321 e. The quantitative estimate of drug-likeness (QED) is 0.612. The van der Waals surface area contributed by atoms with Crippen LogP contribution < -0.4 is 10.5 Å². The van der Waals surface area contributed by atoms with Crippen LogP contribution in [0.15, 0.2) is 72.8 Å². The van der Waals surface area contributed by atoms with Crippen LogP contribution in [0.25, 0.3) is 12.2 Å². The van der Waals surface area contributed by atoms with Crippen molar-refractivity contribution in [3.8, 4) is 5.75 Å². The fraction of sp³-hybridized carbons (Fsp3) is 0.160. The second kappa shape index (κ2) is 8.38. The van der Waals surface area contributed by atoms with Gasteiger partial charge in [0.25, 0.3) is 0 Å². The highest BCUT2D eigenvalue weighted by atomic mass is 32.2. The number of carbonyl (C=O) groups is 1. The summed E-state index contributed by atoms with van der Waals surface area (Å²) in [4.78, 5) is 11.5. The molecule has 0 radical (unpaired) electrons. The number of carboxylic acid groups (broad SMARTS) is 1. The van der Waals surface area contributed by atoms with Crippen LogP contribution in [0.5, 0.6) is 5.75 Å². The average Bonchev–Trinajstić information content (AvgIpc) is 2.93. The van der Waals surface area contributed by atoms with Crippen LogP contribution in [0.1, 0.15) is 27.8 Å². The van der Waals surface area contributed by atoms with E-state index in [1.165, 1.54) is 0 Å². The number of rotatable bonds is 6. The van der Waals surface area contributed by atoms with Crippen LogP contribution in [0.3, 0.4) is 0 Å². The number of thioether (sulfide) groups is 1. The molecule has 0 amide bonds. The summed E-state index contributed by atoms with van der Waals surface area (Å²) < 4.78 is 4.75. The molecule has 5 heteroatoms. The third-order valence-corrected chi connectivity index (χ3v) is 7.05. The van der Waals surface area contributed by atoms with Crippen LogP contribution in [0.4, 0.5) is 0 Å². The third kappa shape index (κ3) is 3.51. The van der Waals surface area contributed by atoms with Crippen molar-refractivity contribution in [3.63, 3.8) is 0 Å². The van der Waals surface area contributed by atoms with E-state index in [-0.39, 0.29) is 5.75 Å². The second-order valence-electron chi connectivity index (χ2n) is 7.17. The predicted octanol–water partition coefficient (Wildman–Crippen LogP) is 4.62. The van der Waals surface area contributed by atoms with E-state index in [2.05, 4.69) is 48.6 Å². The molecule has 0 spiro atoms. The highest BCUT2D eigenvalue weighted by Gasteiger charge is 2.41. The van der Waals surface area contributed by atoms with Gasteiger partial charge in [-0.1, -0.05) is 72.8 Å². The van der Waals surface area contributed by atoms with E-state index in [0.29, 0.717) is 0 Å². The molecule has 1 aliphatic carbocycles. The first-order chi connectivity index (χ1) is 14.6. The van der Waals surface area contributed by atoms with Gasteiger partial charge in [0, 0.05) is 5.75 Å². The van der Waals surface area contributed by atoms with E-state index in [1.807, 2.05) is 36.4 Å². The van der Waals surface area contributed by atoms with Gasteiger partial charge in [-0.2, -0.15) is 0 Å². The molecule has 1 aliphatic rings. The van der Waals surface area contributed by atoms with Crippen molar-refractivity contribution in [2.24, 2.45) is 5.73 Å². The number of hydrogen-bond acceptors (Lipinski definition) is 4. The van der Waals surface area contributed by atoms with Crippen LogP contribution in [-0.4, -0.2) is 30.0 Å². The standard InChI is InChI=1S/C25H23NO3S/c1-29-20-14-12-19(13-15-20)25(30-16-23(26)24(27)28)21-8-4-2-6-17(21)10-11-18-7-3-5-9-22(18)25/h2-15,23H,16,26H2,1H3,(H,27,28)/t23-/m0/s1. The maximum Gasteiger partial charge on any atom is 0.321 e. The number of ether oxygens (including phenoxy) is 1. The van der Waals surface area contributed by atoms with Crippen molar-refractivity contribution >= 4 is 29.9 Å². The van der Waals surface area contributed by atoms with Crippen LogP contribution in [0, 0.1) is 0 Å². The van der Waals surface area contributed by atoms with Crippen molar-refractivity contribution < 1.29 is 14.6 Å². The monoisotopic (exact) mass is 417 g/mol. The van der Waals surface area contributed by atoms with Gasteiger partial charge in [0.05, 0.1) is 11.9 Å². The summed E-state index contributed by atoms with van der Waals surface area (Å²) >= 11 is 1.56. The molecule has 1 atom stereocenters. The average molecular weight is 418 g/mol. The number of nitrogens with two attached hydrogens (primary N) is 1. The molecule has 0 saturated heterocycles. The SMILES string of the molecule is COc1ccc(C2(SC[C@H](N)C(=O)O)c3ccccc3C=Cc3ccccc32)cc1. The molecule has 0 saturated carbocycles. The van der Waals surface area contributed by atoms with Gasteiger partial charge in [0.15, 0.2) is 0 Å². The van der Waals surface area contributed by atoms with E-state index in [1.54, 1.807) is 18.9 Å². The summed E-state index contributed by atoms with van der Waals surface area (Å²) in [7, 11) is 1.64. The molecule has 0 heterocycles. The Kier molecular flexibility index (Phi) is 5.66. The summed E-state index contributed by atoms with van der Waals surface area (Å²) in [6.45, 7) is 0. The minimum absolute atomic E-state index is 0.268. The Morgan fingerprint density at radius 3 is 2.00 bits per heavy atom. The van der Waals surface area contributed by atoms with E-state index in [0.717, 1.165) is 33.6 Å². The van der Waals surface area contributed by atoms with E-state index in [9.17, 15) is 9.90 Å². The molecular weight excluding hydrogens is 394 g/mol. The van der Waals surface area contributed by atoms with Gasteiger partial charge in [0.2, 0.25) is 0 Å². The minimum Gasteiger partial charge on any atom is -0.497 e. The van der Waals surface area contributed by atoms with Crippen molar-refractivity contribution in [2.45, 2.75) is 10.8 Å². The zero-order valence-corrected chi connectivity index (χ0v) is 17.4. The molecule has 152 valence electrons. The maximum atomic E-state index is 11.5. The summed E-state index contributed by atoms with van der Waals surface area (Å²) in [5.41, 5.74) is 11.4. The largest absolute Gasteiger partial charge is 0.497 e. The van der Waals surface area contributed by atoms with E-state index in [4.69, 9.17) is 10.5 Å². The molecule has 0 aliphatic heterocycles. The molecular formula is C25H23NO3S. The lowest BCUT2D eigenvalue weighted by Gasteiger charge is -2.37. The number of aliphatic carboxylic acids is 1. The molecule has 0 bridgehead atoms. The van der Waals surface area contributed by atoms with Gasteiger partial charge in [0.1, 0.15) is 11.8 Å². The molecule has 0 unspecified atom stereocenters. The Hall–Kier alpha value is -3.02. The fourth-order valence-corrected chi connectivity index (χ4v) is 5.47. The highest BCUT2D eigenvalue weighted by molar-refractivity contribution is 8.00. The Labute approximate surface area is 180 Å². The molecule has 4 nitrogen and oxygen atoms in total. The van der Waals surface area contributed by atoms with Gasteiger partial charge in [-0.05, 0) is 39.9 Å². The van der Waals surface area contributed by atoms with E-state index >= 15 is 0 Å². The molecule has 30 heavy (non-hydrogen) atoms. The third-order valence-electron chi connectivity index (χ3n) is 5.42. The lowest BCUT2D eigenvalue weighted by atomic mass is 9.81. The summed E-state index contributed by atoms with van der Waals surface area (Å²) in [5.74, 6) is 0.0412. The molecule has 3 aromatic carbocycles. The van der Waals surface area contributed by atoms with E-state index < -0.39 is 16.8 Å². The number of hydrogen-bond donors (Lipinski definition) is 2. The lowest BCUT2D eigenvalue weighted by Crippen LogP contribution is -2.36. The van der Waals surface area contributed by atoms with Crippen LogP contribution in [0.2, 0.25) is 0 Å². The van der Waals surface area contributed by atoms with Crippen molar-refractivity contribution in [2.75, 3.05) is 12.9 Å². The zero-order chi connectivity index (χ0) is 21.1. The Balaban J connectivity index is 2.00. The Morgan fingerprint density at radius 1 is 0.967 bits per heavy atom. The fourth-order valence-electron chi connectivity index (χ4n) is 3.91.